The summed E-state index contributed by atoms with van der Waals surface area (Å²) in [7, 11) is 0. The molecule has 0 radical (unpaired) electrons. The minimum atomic E-state index is 0.888. The van der Waals surface area contributed by atoms with Crippen molar-refractivity contribution in [2.75, 3.05) is 6.26 Å². The number of thioether (sulfide) groups is 1. The number of nitrogens with zero attached hydrogens (tertiary/aromatic N) is 2. The van der Waals surface area contributed by atoms with E-state index < -0.39 is 0 Å². The molecule has 0 unspecified atom stereocenters. The SMILES string of the molecule is C=Cc1nnc(SC)s1. The molecule has 0 aromatic carbocycles. The molecule has 0 amide bonds. The fourth-order valence-electron chi connectivity index (χ4n) is 0.385. The van der Waals surface area contributed by atoms with E-state index in [2.05, 4.69) is 16.8 Å². The van der Waals surface area contributed by atoms with Crippen LogP contribution in [0.25, 0.3) is 6.08 Å². The lowest BCUT2D eigenvalue weighted by Gasteiger charge is -1.76. The van der Waals surface area contributed by atoms with E-state index in [4.69, 9.17) is 0 Å². The average molecular weight is 158 g/mol. The highest BCUT2D eigenvalue weighted by molar-refractivity contribution is 8.00. The molecule has 9 heavy (non-hydrogen) atoms. The summed E-state index contributed by atoms with van der Waals surface area (Å²) >= 11 is 3.16. The van der Waals surface area contributed by atoms with E-state index in [1.807, 2.05) is 6.26 Å². The average Bonchev–Trinajstić information content (AvgIpc) is 2.34. The Labute approximate surface area is 62.0 Å². The van der Waals surface area contributed by atoms with Crippen LogP contribution in [0.2, 0.25) is 0 Å². The van der Waals surface area contributed by atoms with Crippen molar-refractivity contribution >= 4 is 29.2 Å². The Hall–Kier alpha value is -0.350. The summed E-state index contributed by atoms with van der Waals surface area (Å²) in [6, 6.07) is 0. The smallest absolute Gasteiger partial charge is 0.138 e. The molecule has 0 atom stereocenters. The number of aromatic nitrogens is 2. The first-order valence-corrected chi connectivity index (χ1v) is 4.41. The Morgan fingerprint density at radius 2 is 2.44 bits per heavy atom. The molecule has 1 rings (SSSR count). The molecule has 0 saturated heterocycles. The van der Waals surface area contributed by atoms with Gasteiger partial charge in [0.2, 0.25) is 0 Å². The Bertz CT molecular complexity index is 206. The van der Waals surface area contributed by atoms with Gasteiger partial charge >= 0.3 is 0 Å². The van der Waals surface area contributed by atoms with Gasteiger partial charge in [0, 0.05) is 0 Å². The van der Waals surface area contributed by atoms with E-state index in [9.17, 15) is 0 Å². The predicted molar refractivity (Wildman–Crippen MR) is 41.8 cm³/mol. The highest BCUT2D eigenvalue weighted by Crippen LogP contribution is 2.19. The highest BCUT2D eigenvalue weighted by Gasteiger charge is 1.96. The third-order valence-corrected chi connectivity index (χ3v) is 2.67. The summed E-state index contributed by atoms with van der Waals surface area (Å²) in [6.45, 7) is 3.58. The lowest BCUT2D eigenvalue weighted by molar-refractivity contribution is 1.01. The largest absolute Gasteiger partial charge is 0.174 e. The van der Waals surface area contributed by atoms with Gasteiger partial charge < -0.3 is 0 Å². The minimum absolute atomic E-state index is 0.888. The van der Waals surface area contributed by atoms with Gasteiger partial charge in [0.25, 0.3) is 0 Å². The molecule has 0 N–H and O–H groups in total. The first kappa shape index (κ1) is 6.77. The first-order valence-electron chi connectivity index (χ1n) is 2.36. The lowest BCUT2D eigenvalue weighted by atomic mass is 10.7. The second-order valence-electron chi connectivity index (χ2n) is 1.31. The molecule has 1 aromatic heterocycles. The van der Waals surface area contributed by atoms with Crippen molar-refractivity contribution in [3.05, 3.63) is 11.6 Å². The molecule has 48 valence electrons. The van der Waals surface area contributed by atoms with Crippen LogP contribution >= 0.6 is 23.1 Å². The molecule has 0 aliphatic carbocycles. The van der Waals surface area contributed by atoms with Gasteiger partial charge in [-0.25, -0.2) is 0 Å². The van der Waals surface area contributed by atoms with E-state index >= 15 is 0 Å². The van der Waals surface area contributed by atoms with Crippen LogP contribution in [0.1, 0.15) is 5.01 Å². The second kappa shape index (κ2) is 2.98. The molecule has 0 aliphatic rings. The van der Waals surface area contributed by atoms with Gasteiger partial charge in [0.1, 0.15) is 5.01 Å². The molecule has 4 heteroatoms. The van der Waals surface area contributed by atoms with Crippen molar-refractivity contribution in [3.63, 3.8) is 0 Å². The number of hydrogen-bond donors (Lipinski definition) is 0. The molecule has 1 aromatic rings. The van der Waals surface area contributed by atoms with Gasteiger partial charge in [-0.1, -0.05) is 29.7 Å². The third-order valence-electron chi connectivity index (χ3n) is 0.771. The zero-order valence-corrected chi connectivity index (χ0v) is 6.63. The third kappa shape index (κ3) is 1.53. The normalized spacial score (nSPS) is 9.44. The van der Waals surface area contributed by atoms with E-state index in [0.717, 1.165) is 9.35 Å². The van der Waals surface area contributed by atoms with Crippen LogP contribution in [0, 0.1) is 0 Å². The molecule has 0 fully saturated rings. The van der Waals surface area contributed by atoms with Crippen LogP contribution in [0.4, 0.5) is 0 Å². The standard InChI is InChI=1S/C5H6N2S2/c1-3-4-6-7-5(8-2)9-4/h3H,1H2,2H3. The zero-order chi connectivity index (χ0) is 6.69. The van der Waals surface area contributed by atoms with Crippen molar-refractivity contribution in [3.8, 4) is 0 Å². The van der Waals surface area contributed by atoms with Gasteiger partial charge in [-0.2, -0.15) is 0 Å². The molecular weight excluding hydrogens is 152 g/mol. The van der Waals surface area contributed by atoms with E-state index in [1.54, 1.807) is 29.2 Å². The molecule has 0 bridgehead atoms. The van der Waals surface area contributed by atoms with Crippen molar-refractivity contribution in [1.29, 1.82) is 0 Å². The number of hydrogen-bond acceptors (Lipinski definition) is 4. The van der Waals surface area contributed by atoms with Crippen molar-refractivity contribution in [2.45, 2.75) is 4.34 Å². The fourth-order valence-corrected chi connectivity index (χ4v) is 1.52. The summed E-state index contributed by atoms with van der Waals surface area (Å²) in [5, 5.41) is 8.59. The first-order chi connectivity index (χ1) is 4.36. The van der Waals surface area contributed by atoms with Crippen LogP contribution in [-0.4, -0.2) is 16.5 Å². The van der Waals surface area contributed by atoms with Crippen molar-refractivity contribution in [1.82, 2.24) is 10.2 Å². The van der Waals surface area contributed by atoms with Crippen molar-refractivity contribution < 1.29 is 0 Å². The van der Waals surface area contributed by atoms with Crippen LogP contribution < -0.4 is 0 Å². The summed E-state index contributed by atoms with van der Waals surface area (Å²) in [6.07, 6.45) is 3.69. The van der Waals surface area contributed by atoms with Gasteiger partial charge in [-0.3, -0.25) is 0 Å². The molecule has 1 heterocycles. The van der Waals surface area contributed by atoms with Crippen LogP contribution in [0.15, 0.2) is 10.9 Å². The maximum absolute atomic E-state index is 3.87. The maximum atomic E-state index is 3.87. The predicted octanol–water partition coefficient (Wildman–Crippen LogP) is 1.90. The molecule has 0 saturated carbocycles. The Balaban J connectivity index is 2.86. The van der Waals surface area contributed by atoms with E-state index in [-0.39, 0.29) is 0 Å². The Morgan fingerprint density at radius 1 is 1.67 bits per heavy atom. The quantitative estimate of drug-likeness (QED) is 0.615. The van der Waals surface area contributed by atoms with E-state index in [1.165, 1.54) is 0 Å². The van der Waals surface area contributed by atoms with Crippen molar-refractivity contribution in [2.24, 2.45) is 0 Å². The maximum Gasteiger partial charge on any atom is 0.174 e. The summed E-state index contributed by atoms with van der Waals surface area (Å²) < 4.78 is 0.991. The highest BCUT2D eigenvalue weighted by atomic mass is 32.2. The second-order valence-corrected chi connectivity index (χ2v) is 3.38. The van der Waals surface area contributed by atoms with Gasteiger partial charge in [0.05, 0.1) is 0 Å². The van der Waals surface area contributed by atoms with Crippen LogP contribution in [0.5, 0.6) is 0 Å². The van der Waals surface area contributed by atoms with E-state index in [0.29, 0.717) is 0 Å². The minimum Gasteiger partial charge on any atom is -0.138 e. The van der Waals surface area contributed by atoms with Gasteiger partial charge in [-0.15, -0.1) is 10.2 Å². The van der Waals surface area contributed by atoms with Crippen LogP contribution in [-0.2, 0) is 0 Å². The summed E-state index contributed by atoms with van der Waals surface area (Å²) in [5.41, 5.74) is 0. The topological polar surface area (TPSA) is 25.8 Å². The monoisotopic (exact) mass is 158 g/mol. The molecule has 0 aliphatic heterocycles. The molecule has 0 spiro atoms. The lowest BCUT2D eigenvalue weighted by Crippen LogP contribution is -1.68. The molecule has 2 nitrogen and oxygen atoms in total. The Kier molecular flexibility index (Phi) is 2.24. The van der Waals surface area contributed by atoms with Gasteiger partial charge in [0.15, 0.2) is 4.34 Å². The van der Waals surface area contributed by atoms with Gasteiger partial charge in [-0.05, 0) is 12.3 Å². The number of rotatable bonds is 2. The Morgan fingerprint density at radius 3 is 2.78 bits per heavy atom. The summed E-state index contributed by atoms with van der Waals surface area (Å²) in [4.78, 5) is 0. The van der Waals surface area contributed by atoms with Crippen LogP contribution in [0.3, 0.4) is 0 Å². The zero-order valence-electron chi connectivity index (χ0n) is 5.00. The summed E-state index contributed by atoms with van der Waals surface area (Å²) in [5.74, 6) is 0. The molecular formula is C5H6N2S2. The fraction of sp³-hybridized carbons (Fsp3) is 0.200.